The fourth-order valence-electron chi connectivity index (χ4n) is 3.94. The number of H-pyrrole nitrogens is 1. The molecule has 6 heteroatoms. The smallest absolute Gasteiger partial charge is 0.259 e. The number of thiophene rings is 1. The number of hydrogen-bond acceptors (Lipinski definition) is 5. The minimum Gasteiger partial charge on any atom is -0.309 e. The Kier molecular flexibility index (Phi) is 4.45. The third-order valence-electron chi connectivity index (χ3n) is 5.50. The maximum absolute atomic E-state index is 12.6. The standard InChI is InChI=1S/C18H26N4OS/c1-3-21-6-8-22(9-7-21)11-15-19-17(23)16-13-5-4-12(2)10-14(13)24-18(16)20-15/h12H,3-11H2,1-2H3,(H,19,20,23). The minimum absolute atomic E-state index is 0.0641. The highest BCUT2D eigenvalue weighted by molar-refractivity contribution is 7.18. The summed E-state index contributed by atoms with van der Waals surface area (Å²) in [6.07, 6.45) is 3.31. The second-order valence-corrected chi connectivity index (χ2v) is 8.34. The first kappa shape index (κ1) is 16.2. The van der Waals surface area contributed by atoms with E-state index >= 15 is 0 Å². The van der Waals surface area contributed by atoms with Gasteiger partial charge in [0.25, 0.3) is 5.56 Å². The number of likely N-dealkylation sites (N-methyl/N-ethyl adjacent to an activating group) is 1. The topological polar surface area (TPSA) is 52.2 Å². The van der Waals surface area contributed by atoms with E-state index in [1.165, 1.54) is 16.9 Å². The van der Waals surface area contributed by atoms with Crippen molar-refractivity contribution in [2.45, 2.75) is 39.7 Å². The molecule has 1 aliphatic carbocycles. The number of aryl methyl sites for hydroxylation is 1. The molecule has 1 unspecified atom stereocenters. The summed E-state index contributed by atoms with van der Waals surface area (Å²) in [6.45, 7) is 10.7. The Bertz CT molecular complexity index is 788. The molecule has 0 saturated carbocycles. The van der Waals surface area contributed by atoms with Crippen LogP contribution in [-0.2, 0) is 19.4 Å². The van der Waals surface area contributed by atoms with Gasteiger partial charge in [-0.1, -0.05) is 13.8 Å². The normalized spacial score (nSPS) is 22.8. The van der Waals surface area contributed by atoms with Crippen LogP contribution in [0, 0.1) is 5.92 Å². The molecule has 130 valence electrons. The molecule has 3 heterocycles. The van der Waals surface area contributed by atoms with E-state index in [0.29, 0.717) is 0 Å². The molecule has 5 nitrogen and oxygen atoms in total. The quantitative estimate of drug-likeness (QED) is 0.926. The van der Waals surface area contributed by atoms with Crippen LogP contribution in [0.15, 0.2) is 4.79 Å². The number of hydrogen-bond donors (Lipinski definition) is 1. The van der Waals surface area contributed by atoms with Crippen molar-refractivity contribution in [2.24, 2.45) is 5.92 Å². The fourth-order valence-corrected chi connectivity index (χ4v) is 5.35. The monoisotopic (exact) mass is 346 g/mol. The van der Waals surface area contributed by atoms with Crippen molar-refractivity contribution in [3.63, 3.8) is 0 Å². The van der Waals surface area contributed by atoms with E-state index < -0.39 is 0 Å². The van der Waals surface area contributed by atoms with Crippen molar-refractivity contribution in [1.82, 2.24) is 19.8 Å². The number of fused-ring (bicyclic) bond motifs is 3. The summed E-state index contributed by atoms with van der Waals surface area (Å²) in [5, 5.41) is 0.862. The summed E-state index contributed by atoms with van der Waals surface area (Å²) >= 11 is 1.74. The molecular weight excluding hydrogens is 320 g/mol. The number of rotatable bonds is 3. The molecule has 2 aromatic heterocycles. The highest BCUT2D eigenvalue weighted by Gasteiger charge is 2.23. The van der Waals surface area contributed by atoms with Crippen LogP contribution in [-0.4, -0.2) is 52.5 Å². The lowest BCUT2D eigenvalue weighted by Gasteiger charge is -2.33. The van der Waals surface area contributed by atoms with Crippen molar-refractivity contribution in [1.29, 1.82) is 0 Å². The first-order valence-corrected chi connectivity index (χ1v) is 9.94. The summed E-state index contributed by atoms with van der Waals surface area (Å²) in [5.41, 5.74) is 1.33. The first-order chi connectivity index (χ1) is 11.6. The number of aromatic amines is 1. The number of nitrogens with zero attached hydrogens (tertiary/aromatic N) is 3. The lowest BCUT2D eigenvalue weighted by Crippen LogP contribution is -2.45. The molecule has 0 aromatic carbocycles. The fraction of sp³-hybridized carbons (Fsp3) is 0.667. The summed E-state index contributed by atoms with van der Waals surface area (Å²) < 4.78 is 0. The molecule has 1 fully saturated rings. The van der Waals surface area contributed by atoms with Gasteiger partial charge in [0.1, 0.15) is 10.7 Å². The number of piperazine rings is 1. The predicted octanol–water partition coefficient (Wildman–Crippen LogP) is 2.25. The Hall–Kier alpha value is -1.24. The van der Waals surface area contributed by atoms with Gasteiger partial charge in [-0.25, -0.2) is 4.98 Å². The van der Waals surface area contributed by atoms with Crippen molar-refractivity contribution < 1.29 is 0 Å². The second-order valence-electron chi connectivity index (χ2n) is 7.25. The predicted molar refractivity (Wildman–Crippen MR) is 98.8 cm³/mol. The lowest BCUT2D eigenvalue weighted by atomic mass is 9.89. The molecule has 4 rings (SSSR count). The van der Waals surface area contributed by atoms with E-state index in [1.807, 2.05) is 0 Å². The van der Waals surface area contributed by atoms with Crippen LogP contribution < -0.4 is 5.56 Å². The third-order valence-corrected chi connectivity index (χ3v) is 6.65. The molecule has 0 bridgehead atoms. The zero-order valence-electron chi connectivity index (χ0n) is 14.6. The van der Waals surface area contributed by atoms with E-state index in [2.05, 4.69) is 28.6 Å². The Balaban J connectivity index is 1.58. The summed E-state index contributed by atoms with van der Waals surface area (Å²) in [6, 6.07) is 0. The van der Waals surface area contributed by atoms with E-state index in [4.69, 9.17) is 4.98 Å². The Morgan fingerprint density at radius 1 is 1.25 bits per heavy atom. The van der Waals surface area contributed by atoms with Crippen LogP contribution in [0.4, 0.5) is 0 Å². The van der Waals surface area contributed by atoms with Gasteiger partial charge < -0.3 is 9.88 Å². The highest BCUT2D eigenvalue weighted by atomic mass is 32.1. The minimum atomic E-state index is 0.0641. The van der Waals surface area contributed by atoms with Gasteiger partial charge in [-0.3, -0.25) is 9.69 Å². The van der Waals surface area contributed by atoms with Gasteiger partial charge in [-0.15, -0.1) is 11.3 Å². The molecule has 24 heavy (non-hydrogen) atoms. The van der Waals surface area contributed by atoms with Crippen molar-refractivity contribution in [3.8, 4) is 0 Å². The number of nitrogens with one attached hydrogen (secondary N) is 1. The third kappa shape index (κ3) is 3.03. The van der Waals surface area contributed by atoms with Crippen LogP contribution in [0.1, 0.15) is 36.5 Å². The molecule has 0 radical (unpaired) electrons. The highest BCUT2D eigenvalue weighted by Crippen LogP contribution is 2.35. The lowest BCUT2D eigenvalue weighted by molar-refractivity contribution is 0.129. The van der Waals surface area contributed by atoms with Gasteiger partial charge in [0.05, 0.1) is 11.9 Å². The van der Waals surface area contributed by atoms with Crippen molar-refractivity contribution in [3.05, 3.63) is 26.6 Å². The molecule has 2 aliphatic rings. The Labute approximate surface area is 146 Å². The zero-order valence-corrected chi connectivity index (χ0v) is 15.4. The summed E-state index contributed by atoms with van der Waals surface area (Å²) in [5.74, 6) is 1.54. The van der Waals surface area contributed by atoms with Gasteiger partial charge in [0.2, 0.25) is 0 Å². The summed E-state index contributed by atoms with van der Waals surface area (Å²) in [4.78, 5) is 27.7. The Morgan fingerprint density at radius 3 is 2.75 bits per heavy atom. The first-order valence-electron chi connectivity index (χ1n) is 9.12. The molecule has 1 aliphatic heterocycles. The summed E-state index contributed by atoms with van der Waals surface area (Å²) in [7, 11) is 0. The molecule has 1 atom stereocenters. The van der Waals surface area contributed by atoms with Gasteiger partial charge >= 0.3 is 0 Å². The van der Waals surface area contributed by atoms with E-state index in [1.54, 1.807) is 11.3 Å². The van der Waals surface area contributed by atoms with Crippen molar-refractivity contribution in [2.75, 3.05) is 32.7 Å². The average molecular weight is 347 g/mol. The van der Waals surface area contributed by atoms with Gasteiger partial charge in [-0.05, 0) is 37.3 Å². The van der Waals surface area contributed by atoms with E-state index in [-0.39, 0.29) is 5.56 Å². The zero-order chi connectivity index (χ0) is 16.7. The molecule has 1 saturated heterocycles. The second kappa shape index (κ2) is 6.58. The van der Waals surface area contributed by atoms with Crippen LogP contribution in [0.2, 0.25) is 0 Å². The maximum atomic E-state index is 12.6. The van der Waals surface area contributed by atoms with Gasteiger partial charge in [0, 0.05) is 31.1 Å². The van der Waals surface area contributed by atoms with E-state index in [9.17, 15) is 4.79 Å². The van der Waals surface area contributed by atoms with Crippen molar-refractivity contribution >= 4 is 21.6 Å². The van der Waals surface area contributed by atoms with E-state index in [0.717, 1.165) is 74.1 Å². The molecular formula is C18H26N4OS. The average Bonchev–Trinajstić information content (AvgIpc) is 2.93. The Morgan fingerprint density at radius 2 is 2.00 bits per heavy atom. The molecule has 1 N–H and O–H groups in total. The molecule has 0 spiro atoms. The van der Waals surface area contributed by atoms with Crippen LogP contribution in [0.25, 0.3) is 10.2 Å². The number of aromatic nitrogens is 2. The molecule has 0 amide bonds. The van der Waals surface area contributed by atoms with Crippen LogP contribution >= 0.6 is 11.3 Å². The van der Waals surface area contributed by atoms with Gasteiger partial charge in [0.15, 0.2) is 0 Å². The van der Waals surface area contributed by atoms with Crippen LogP contribution in [0.5, 0.6) is 0 Å². The maximum Gasteiger partial charge on any atom is 0.259 e. The largest absolute Gasteiger partial charge is 0.309 e. The van der Waals surface area contributed by atoms with Crippen LogP contribution in [0.3, 0.4) is 0 Å². The molecule has 2 aromatic rings. The van der Waals surface area contributed by atoms with Gasteiger partial charge in [-0.2, -0.15) is 0 Å². The SMILES string of the molecule is CCN1CCN(Cc2nc3sc4c(c3c(=O)[nH]2)CCC(C)C4)CC1.